The first kappa shape index (κ1) is 11.0. The Hall–Kier alpha value is -1.55. The van der Waals surface area contributed by atoms with Gasteiger partial charge in [0.25, 0.3) is 0 Å². The SMILES string of the molecule is Cc1ccc(N)c(NCc2sccc2C)n1. The van der Waals surface area contributed by atoms with Crippen LogP contribution in [0.1, 0.15) is 16.1 Å². The maximum atomic E-state index is 5.85. The number of nitrogens with zero attached hydrogens (tertiary/aromatic N) is 1. The summed E-state index contributed by atoms with van der Waals surface area (Å²) < 4.78 is 0. The van der Waals surface area contributed by atoms with Gasteiger partial charge in [-0.1, -0.05) is 0 Å². The lowest BCUT2D eigenvalue weighted by molar-refractivity contribution is 1.10. The molecule has 0 aliphatic heterocycles. The van der Waals surface area contributed by atoms with E-state index >= 15 is 0 Å². The number of aromatic nitrogens is 1. The Labute approximate surface area is 99.3 Å². The van der Waals surface area contributed by atoms with Crippen molar-refractivity contribution in [1.29, 1.82) is 0 Å². The lowest BCUT2D eigenvalue weighted by Crippen LogP contribution is -2.04. The van der Waals surface area contributed by atoms with Crippen molar-refractivity contribution >= 4 is 22.8 Å². The van der Waals surface area contributed by atoms with Gasteiger partial charge in [-0.2, -0.15) is 0 Å². The highest BCUT2D eigenvalue weighted by Crippen LogP contribution is 2.20. The molecule has 2 aromatic rings. The molecule has 0 atom stereocenters. The Morgan fingerprint density at radius 3 is 2.81 bits per heavy atom. The fourth-order valence-corrected chi connectivity index (χ4v) is 2.30. The first-order valence-electron chi connectivity index (χ1n) is 5.17. The second-order valence-corrected chi connectivity index (χ2v) is 4.77. The van der Waals surface area contributed by atoms with Crippen LogP contribution in [0.2, 0.25) is 0 Å². The fraction of sp³-hybridized carbons (Fsp3) is 0.250. The molecule has 3 nitrogen and oxygen atoms in total. The minimum absolute atomic E-state index is 0.694. The Morgan fingerprint density at radius 1 is 1.31 bits per heavy atom. The summed E-state index contributed by atoms with van der Waals surface area (Å²) in [6.45, 7) is 4.85. The van der Waals surface area contributed by atoms with E-state index < -0.39 is 0 Å². The van der Waals surface area contributed by atoms with Crippen LogP contribution in [-0.4, -0.2) is 4.98 Å². The molecule has 0 fully saturated rings. The average molecular weight is 233 g/mol. The second-order valence-electron chi connectivity index (χ2n) is 3.77. The molecule has 0 aliphatic carbocycles. The third kappa shape index (κ3) is 2.33. The molecule has 3 N–H and O–H groups in total. The van der Waals surface area contributed by atoms with Gasteiger partial charge in [0, 0.05) is 10.6 Å². The number of rotatable bonds is 3. The highest BCUT2D eigenvalue weighted by Gasteiger charge is 2.03. The molecule has 16 heavy (non-hydrogen) atoms. The number of nitrogens with two attached hydrogens (primary N) is 1. The molecular weight excluding hydrogens is 218 g/mol. The Bertz CT molecular complexity index is 491. The standard InChI is InChI=1S/C12H15N3S/c1-8-5-6-16-11(8)7-14-12-10(13)4-3-9(2)15-12/h3-6H,7,13H2,1-2H3,(H,14,15). The summed E-state index contributed by atoms with van der Waals surface area (Å²) >= 11 is 1.75. The molecule has 0 aromatic carbocycles. The van der Waals surface area contributed by atoms with Crippen molar-refractivity contribution in [2.24, 2.45) is 0 Å². The van der Waals surface area contributed by atoms with E-state index in [0.29, 0.717) is 5.69 Å². The molecule has 0 radical (unpaired) electrons. The molecule has 2 rings (SSSR count). The van der Waals surface area contributed by atoms with Gasteiger partial charge < -0.3 is 11.1 Å². The van der Waals surface area contributed by atoms with E-state index in [1.807, 2.05) is 19.1 Å². The van der Waals surface area contributed by atoms with E-state index in [9.17, 15) is 0 Å². The molecule has 0 saturated carbocycles. The first-order chi connectivity index (χ1) is 7.66. The van der Waals surface area contributed by atoms with Crippen LogP contribution in [0.3, 0.4) is 0 Å². The number of hydrogen-bond acceptors (Lipinski definition) is 4. The lowest BCUT2D eigenvalue weighted by Gasteiger charge is -2.08. The molecular formula is C12H15N3S. The van der Waals surface area contributed by atoms with Crippen LogP contribution in [0.15, 0.2) is 23.6 Å². The van der Waals surface area contributed by atoms with Crippen LogP contribution < -0.4 is 11.1 Å². The zero-order valence-electron chi connectivity index (χ0n) is 9.45. The van der Waals surface area contributed by atoms with Gasteiger partial charge in [0.2, 0.25) is 0 Å². The van der Waals surface area contributed by atoms with Crippen LogP contribution in [0, 0.1) is 13.8 Å². The van der Waals surface area contributed by atoms with Crippen molar-refractivity contribution in [1.82, 2.24) is 4.98 Å². The lowest BCUT2D eigenvalue weighted by atomic mass is 10.3. The minimum atomic E-state index is 0.694. The zero-order valence-corrected chi connectivity index (χ0v) is 10.3. The monoisotopic (exact) mass is 233 g/mol. The summed E-state index contributed by atoms with van der Waals surface area (Å²) in [7, 11) is 0. The highest BCUT2D eigenvalue weighted by atomic mass is 32.1. The normalized spacial score (nSPS) is 10.4. The van der Waals surface area contributed by atoms with E-state index in [1.54, 1.807) is 11.3 Å². The third-order valence-electron chi connectivity index (χ3n) is 2.45. The number of nitrogen functional groups attached to an aromatic ring is 1. The third-order valence-corrected chi connectivity index (χ3v) is 3.47. The zero-order chi connectivity index (χ0) is 11.5. The molecule has 4 heteroatoms. The molecule has 2 heterocycles. The van der Waals surface area contributed by atoms with Gasteiger partial charge in [0.05, 0.1) is 12.2 Å². The van der Waals surface area contributed by atoms with Gasteiger partial charge in [-0.25, -0.2) is 4.98 Å². The largest absolute Gasteiger partial charge is 0.396 e. The molecule has 0 aliphatic rings. The highest BCUT2D eigenvalue weighted by molar-refractivity contribution is 7.10. The van der Waals surface area contributed by atoms with Gasteiger partial charge in [-0.3, -0.25) is 0 Å². The van der Waals surface area contributed by atoms with Gasteiger partial charge >= 0.3 is 0 Å². The molecule has 0 unspecified atom stereocenters. The van der Waals surface area contributed by atoms with E-state index in [0.717, 1.165) is 18.1 Å². The first-order valence-corrected chi connectivity index (χ1v) is 6.05. The molecule has 0 amide bonds. The summed E-state index contributed by atoms with van der Waals surface area (Å²) in [5, 5.41) is 5.37. The van der Waals surface area contributed by atoms with Gasteiger partial charge in [0.1, 0.15) is 5.82 Å². The molecule has 0 spiro atoms. The summed E-state index contributed by atoms with van der Waals surface area (Å²) in [6.07, 6.45) is 0. The molecule has 0 saturated heterocycles. The maximum absolute atomic E-state index is 5.85. The van der Waals surface area contributed by atoms with Gasteiger partial charge in [-0.05, 0) is 43.0 Å². The van der Waals surface area contributed by atoms with Crippen LogP contribution in [-0.2, 0) is 6.54 Å². The molecule has 84 valence electrons. The summed E-state index contributed by atoms with van der Waals surface area (Å²) in [6, 6.07) is 5.91. The summed E-state index contributed by atoms with van der Waals surface area (Å²) in [5.41, 5.74) is 8.82. The van der Waals surface area contributed by atoms with E-state index in [2.05, 4.69) is 28.7 Å². The average Bonchev–Trinajstić information content (AvgIpc) is 2.66. The van der Waals surface area contributed by atoms with E-state index in [1.165, 1.54) is 10.4 Å². The number of hydrogen-bond donors (Lipinski definition) is 2. The van der Waals surface area contributed by atoms with Crippen molar-refractivity contribution in [3.05, 3.63) is 39.7 Å². The van der Waals surface area contributed by atoms with Crippen LogP contribution in [0.4, 0.5) is 11.5 Å². The fourth-order valence-electron chi connectivity index (χ4n) is 1.46. The van der Waals surface area contributed by atoms with Crippen molar-refractivity contribution in [2.45, 2.75) is 20.4 Å². The quantitative estimate of drug-likeness (QED) is 0.857. The van der Waals surface area contributed by atoms with Crippen LogP contribution in [0.25, 0.3) is 0 Å². The van der Waals surface area contributed by atoms with Gasteiger partial charge in [-0.15, -0.1) is 11.3 Å². The van der Waals surface area contributed by atoms with Crippen molar-refractivity contribution in [3.8, 4) is 0 Å². The predicted molar refractivity (Wildman–Crippen MR) is 69.8 cm³/mol. The van der Waals surface area contributed by atoms with E-state index in [4.69, 9.17) is 5.73 Å². The van der Waals surface area contributed by atoms with Gasteiger partial charge in [0.15, 0.2) is 0 Å². The number of aryl methyl sites for hydroxylation is 2. The maximum Gasteiger partial charge on any atom is 0.149 e. The van der Waals surface area contributed by atoms with Crippen molar-refractivity contribution < 1.29 is 0 Å². The van der Waals surface area contributed by atoms with Crippen molar-refractivity contribution in [3.63, 3.8) is 0 Å². The second kappa shape index (κ2) is 4.53. The van der Waals surface area contributed by atoms with E-state index in [-0.39, 0.29) is 0 Å². The number of nitrogens with one attached hydrogen (secondary N) is 1. The molecule has 2 aromatic heterocycles. The Kier molecular flexibility index (Phi) is 3.10. The van der Waals surface area contributed by atoms with Crippen LogP contribution >= 0.6 is 11.3 Å². The topological polar surface area (TPSA) is 50.9 Å². The summed E-state index contributed by atoms with van der Waals surface area (Å²) in [5.74, 6) is 0.771. The summed E-state index contributed by atoms with van der Waals surface area (Å²) in [4.78, 5) is 5.69. The van der Waals surface area contributed by atoms with Crippen molar-refractivity contribution in [2.75, 3.05) is 11.1 Å². The number of pyridine rings is 1. The predicted octanol–water partition coefficient (Wildman–Crippen LogP) is 2.95. The van der Waals surface area contributed by atoms with Crippen LogP contribution in [0.5, 0.6) is 0 Å². The number of anilines is 2. The smallest absolute Gasteiger partial charge is 0.149 e. The number of thiophene rings is 1. The Balaban J connectivity index is 2.10. The molecule has 0 bridgehead atoms. The Morgan fingerprint density at radius 2 is 2.12 bits per heavy atom. The minimum Gasteiger partial charge on any atom is -0.396 e.